The minimum atomic E-state index is -0.362. The Morgan fingerprint density at radius 1 is 0.976 bits per heavy atom. The van der Waals surface area contributed by atoms with Gasteiger partial charge < -0.3 is 10.6 Å². The molecule has 4 aromatic rings. The molecule has 0 fully saturated rings. The summed E-state index contributed by atoms with van der Waals surface area (Å²) in [5.74, 6) is -0.125. The van der Waals surface area contributed by atoms with E-state index in [1.165, 1.54) is 28.7 Å². The van der Waals surface area contributed by atoms with E-state index in [0.29, 0.717) is 10.8 Å². The second kappa shape index (κ2) is 12.0. The number of nitrogens with one attached hydrogen (secondary N) is 2. The third-order valence-electron chi connectivity index (χ3n) is 6.81. The normalized spacial score (nSPS) is 17.9. The van der Waals surface area contributed by atoms with Crippen LogP contribution in [0.2, 0.25) is 0 Å². The molecule has 1 aliphatic heterocycles. The Morgan fingerprint density at radius 2 is 1.78 bits per heavy atom. The fraction of sp³-hybridized carbons (Fsp3) is 0.156. The number of aromatic nitrogens is 1. The molecule has 1 aliphatic carbocycles. The highest BCUT2D eigenvalue weighted by atomic mass is 32.2. The number of carbonyl (C=O) groups is 2. The molecule has 206 valence electrons. The zero-order valence-corrected chi connectivity index (χ0v) is 24.9. The molecule has 0 saturated heterocycles. The molecule has 6 rings (SSSR count). The lowest BCUT2D eigenvalue weighted by Gasteiger charge is -2.40. The summed E-state index contributed by atoms with van der Waals surface area (Å²) in [6.07, 6.45) is 8.25. The summed E-state index contributed by atoms with van der Waals surface area (Å²) < 4.78 is 0. The predicted octanol–water partition coefficient (Wildman–Crippen LogP) is 8.25. The molecular weight excluding hydrogens is 569 g/mol. The Morgan fingerprint density at radius 3 is 2.63 bits per heavy atom. The summed E-state index contributed by atoms with van der Waals surface area (Å²) in [4.78, 5) is 35.0. The van der Waals surface area contributed by atoms with E-state index in [2.05, 4.69) is 33.8 Å². The van der Waals surface area contributed by atoms with Crippen LogP contribution in [-0.4, -0.2) is 33.5 Å². The zero-order chi connectivity index (χ0) is 28.3. The zero-order valence-electron chi connectivity index (χ0n) is 22.5. The molecule has 3 aromatic carbocycles. The first kappa shape index (κ1) is 27.4. The quantitative estimate of drug-likeness (QED) is 0.219. The number of fused-ring (bicyclic) bond motifs is 2. The monoisotopic (exact) mass is 596 g/mol. The van der Waals surface area contributed by atoms with Crippen LogP contribution in [0, 0.1) is 6.92 Å². The SMILES string of the molecule is Cc1ccc(-c2csc(NC(=O)C(C)Sc3cccc(NC(=O)N4c5ccccc5SC5C=CC=CC54)c3)n2)cc1. The van der Waals surface area contributed by atoms with Crippen LogP contribution >= 0.6 is 34.9 Å². The third kappa shape index (κ3) is 6.12. The van der Waals surface area contributed by atoms with Crippen molar-refractivity contribution in [3.63, 3.8) is 0 Å². The van der Waals surface area contributed by atoms with E-state index in [1.54, 1.807) is 11.8 Å². The van der Waals surface area contributed by atoms with Gasteiger partial charge in [-0.3, -0.25) is 9.69 Å². The lowest BCUT2D eigenvalue weighted by Crippen LogP contribution is -2.49. The number of thioether (sulfide) groups is 2. The van der Waals surface area contributed by atoms with Gasteiger partial charge in [0, 0.05) is 26.4 Å². The van der Waals surface area contributed by atoms with Gasteiger partial charge in [-0.1, -0.05) is 72.3 Å². The number of rotatable bonds is 6. The Balaban J connectivity index is 1.11. The molecule has 9 heteroatoms. The molecule has 2 N–H and O–H groups in total. The van der Waals surface area contributed by atoms with Crippen molar-refractivity contribution in [1.82, 2.24) is 4.98 Å². The number of hydrogen-bond donors (Lipinski definition) is 2. The number of nitrogens with zero attached hydrogens (tertiary/aromatic N) is 2. The molecule has 3 amide bonds. The first-order chi connectivity index (χ1) is 19.9. The Bertz CT molecular complexity index is 1650. The van der Waals surface area contributed by atoms with Gasteiger partial charge in [0.05, 0.1) is 27.9 Å². The van der Waals surface area contributed by atoms with Gasteiger partial charge in [0.25, 0.3) is 0 Å². The van der Waals surface area contributed by atoms with Crippen LogP contribution in [0.15, 0.2) is 112 Å². The van der Waals surface area contributed by atoms with E-state index in [-0.39, 0.29) is 28.5 Å². The number of aryl methyl sites for hydroxylation is 1. The summed E-state index contributed by atoms with van der Waals surface area (Å²) in [5.41, 5.74) is 4.63. The minimum absolute atomic E-state index is 0.0708. The van der Waals surface area contributed by atoms with Gasteiger partial charge in [-0.15, -0.1) is 34.9 Å². The second-order valence-corrected chi connectivity index (χ2v) is 13.3. The van der Waals surface area contributed by atoms with E-state index in [4.69, 9.17) is 0 Å². The minimum Gasteiger partial charge on any atom is -0.307 e. The highest BCUT2D eigenvalue weighted by Gasteiger charge is 2.36. The molecule has 3 unspecified atom stereocenters. The molecule has 1 aromatic heterocycles. The van der Waals surface area contributed by atoms with Crippen LogP contribution in [0.3, 0.4) is 0 Å². The Hall–Kier alpha value is -3.79. The maximum atomic E-state index is 13.6. The van der Waals surface area contributed by atoms with Gasteiger partial charge in [-0.05, 0) is 44.2 Å². The van der Waals surface area contributed by atoms with Crippen LogP contribution in [0.25, 0.3) is 11.3 Å². The van der Waals surface area contributed by atoms with E-state index >= 15 is 0 Å². The number of urea groups is 1. The van der Waals surface area contributed by atoms with Crippen molar-refractivity contribution in [2.75, 3.05) is 15.5 Å². The van der Waals surface area contributed by atoms with Gasteiger partial charge in [-0.2, -0.15) is 0 Å². The summed E-state index contributed by atoms with van der Waals surface area (Å²) in [7, 11) is 0. The van der Waals surface area contributed by atoms with Gasteiger partial charge in [-0.25, -0.2) is 9.78 Å². The standard InChI is InChI=1S/C32H28N4O2S3/c1-20-14-16-22(17-15-20)25-19-39-31(34-25)35-30(37)21(2)40-24-9-7-8-23(18-24)33-32(38)36-26-10-3-5-12-28(26)41-29-13-6-4-11-27(29)36/h3-19,21,26,28H,1-2H3,(H,33,38)(H,34,35,37). The van der Waals surface area contributed by atoms with Crippen LogP contribution < -0.4 is 15.5 Å². The number of allylic oxidation sites excluding steroid dienone is 2. The number of thiazole rings is 1. The predicted molar refractivity (Wildman–Crippen MR) is 172 cm³/mol. The summed E-state index contributed by atoms with van der Waals surface area (Å²) in [6.45, 7) is 3.91. The summed E-state index contributed by atoms with van der Waals surface area (Å²) >= 11 is 4.62. The van der Waals surface area contributed by atoms with E-state index in [1.807, 2.05) is 103 Å². The third-order valence-corrected chi connectivity index (χ3v) is 9.97. The number of benzene rings is 3. The van der Waals surface area contributed by atoms with E-state index < -0.39 is 0 Å². The van der Waals surface area contributed by atoms with Crippen molar-refractivity contribution in [2.24, 2.45) is 0 Å². The van der Waals surface area contributed by atoms with Gasteiger partial charge in [0.2, 0.25) is 5.91 Å². The molecular formula is C32H28N4O2S3. The van der Waals surface area contributed by atoms with Crippen molar-refractivity contribution in [2.45, 2.75) is 40.2 Å². The van der Waals surface area contributed by atoms with Crippen molar-refractivity contribution in [3.8, 4) is 11.3 Å². The molecule has 2 heterocycles. The number of hydrogen-bond acceptors (Lipinski definition) is 6. The highest BCUT2D eigenvalue weighted by molar-refractivity contribution is 8.00. The fourth-order valence-electron chi connectivity index (χ4n) is 4.71. The number of anilines is 3. The van der Waals surface area contributed by atoms with Gasteiger partial charge in [0.15, 0.2) is 5.13 Å². The lowest BCUT2D eigenvalue weighted by molar-refractivity contribution is -0.115. The van der Waals surface area contributed by atoms with E-state index in [0.717, 1.165) is 26.7 Å². The van der Waals surface area contributed by atoms with Crippen molar-refractivity contribution in [1.29, 1.82) is 0 Å². The summed E-state index contributed by atoms with van der Waals surface area (Å²) in [5, 5.41) is 8.35. The largest absolute Gasteiger partial charge is 0.326 e. The fourth-order valence-corrected chi connectivity index (χ4v) is 7.62. The molecule has 41 heavy (non-hydrogen) atoms. The molecule has 0 spiro atoms. The van der Waals surface area contributed by atoms with Crippen LogP contribution in [0.4, 0.5) is 21.3 Å². The van der Waals surface area contributed by atoms with Crippen LogP contribution in [0.1, 0.15) is 12.5 Å². The van der Waals surface area contributed by atoms with Crippen LogP contribution in [-0.2, 0) is 4.79 Å². The molecule has 0 saturated carbocycles. The highest BCUT2D eigenvalue weighted by Crippen LogP contribution is 2.43. The van der Waals surface area contributed by atoms with Crippen LogP contribution in [0.5, 0.6) is 0 Å². The smallest absolute Gasteiger partial charge is 0.307 e. The Labute approximate surface area is 252 Å². The number of para-hydroxylation sites is 1. The first-order valence-corrected chi connectivity index (χ1v) is 15.9. The molecule has 6 nitrogen and oxygen atoms in total. The average molecular weight is 597 g/mol. The van der Waals surface area contributed by atoms with Gasteiger partial charge in [0.1, 0.15) is 0 Å². The van der Waals surface area contributed by atoms with Gasteiger partial charge >= 0.3 is 6.03 Å². The second-order valence-electron chi connectivity index (χ2n) is 9.79. The Kier molecular flexibility index (Phi) is 8.00. The molecule has 3 atom stereocenters. The maximum Gasteiger partial charge on any atom is 0.326 e. The first-order valence-electron chi connectivity index (χ1n) is 13.3. The van der Waals surface area contributed by atoms with Crippen molar-refractivity contribution < 1.29 is 9.59 Å². The number of carbonyl (C=O) groups excluding carboxylic acids is 2. The lowest BCUT2D eigenvalue weighted by atomic mass is 10.1. The maximum absolute atomic E-state index is 13.6. The topological polar surface area (TPSA) is 74.3 Å². The van der Waals surface area contributed by atoms with Crippen molar-refractivity contribution >= 4 is 63.3 Å². The average Bonchev–Trinajstić information content (AvgIpc) is 3.44. The van der Waals surface area contributed by atoms with Crippen molar-refractivity contribution in [3.05, 3.63) is 108 Å². The summed E-state index contributed by atoms with van der Waals surface area (Å²) in [6, 6.07) is 23.5. The number of amides is 3. The molecule has 0 bridgehead atoms. The molecule has 0 radical (unpaired) electrons. The van der Waals surface area contributed by atoms with E-state index in [9.17, 15) is 9.59 Å². The molecule has 2 aliphatic rings.